The van der Waals surface area contributed by atoms with E-state index >= 15 is 0 Å². The molecule has 9 heteroatoms. The van der Waals surface area contributed by atoms with E-state index in [1.54, 1.807) is 39.2 Å². The zero-order valence-electron chi connectivity index (χ0n) is 15.9. The van der Waals surface area contributed by atoms with Crippen LogP contribution in [0.3, 0.4) is 0 Å². The van der Waals surface area contributed by atoms with Gasteiger partial charge in [0.15, 0.2) is 16.9 Å². The van der Waals surface area contributed by atoms with E-state index in [-0.39, 0.29) is 16.9 Å². The monoisotopic (exact) mass is 384 g/mol. The summed E-state index contributed by atoms with van der Waals surface area (Å²) >= 11 is 0. The van der Waals surface area contributed by atoms with Gasteiger partial charge in [-0.25, -0.2) is 0 Å². The molecule has 2 N–H and O–H groups in total. The van der Waals surface area contributed by atoms with Crippen LogP contribution in [0, 0.1) is 6.92 Å². The average Bonchev–Trinajstić information content (AvgIpc) is 3.17. The highest BCUT2D eigenvalue weighted by molar-refractivity contribution is 5.93. The predicted octanol–water partition coefficient (Wildman–Crippen LogP) is 2.24. The van der Waals surface area contributed by atoms with E-state index in [4.69, 9.17) is 14.0 Å². The molecule has 0 aliphatic heterocycles. The third-order valence-corrected chi connectivity index (χ3v) is 4.10. The highest BCUT2D eigenvalue weighted by Gasteiger charge is 2.20. The van der Waals surface area contributed by atoms with Gasteiger partial charge in [-0.15, -0.1) is 0 Å². The fraction of sp³-hybridized carbons (Fsp3) is 0.263. The second kappa shape index (κ2) is 7.95. The third kappa shape index (κ3) is 3.88. The number of carbonyl (C=O) groups is 1. The molecule has 0 saturated carbocycles. The van der Waals surface area contributed by atoms with E-state index in [2.05, 4.69) is 20.4 Å². The van der Waals surface area contributed by atoms with Crippen molar-refractivity contribution >= 4 is 5.91 Å². The molecule has 146 valence electrons. The van der Waals surface area contributed by atoms with Gasteiger partial charge in [-0.1, -0.05) is 5.16 Å². The van der Waals surface area contributed by atoms with Gasteiger partial charge < -0.3 is 24.3 Å². The minimum absolute atomic E-state index is 0.0112. The number of carbonyl (C=O) groups excluding carboxylic acids is 1. The molecule has 0 spiro atoms. The van der Waals surface area contributed by atoms with Crippen LogP contribution >= 0.6 is 0 Å². The van der Waals surface area contributed by atoms with Crippen LogP contribution in [0.25, 0.3) is 11.4 Å². The zero-order valence-corrected chi connectivity index (χ0v) is 15.9. The van der Waals surface area contributed by atoms with Gasteiger partial charge in [0.05, 0.1) is 14.2 Å². The highest BCUT2D eigenvalue weighted by atomic mass is 16.5. The van der Waals surface area contributed by atoms with Crippen molar-refractivity contribution in [2.75, 3.05) is 14.2 Å². The largest absolute Gasteiger partial charge is 0.493 e. The molecule has 0 aliphatic carbocycles. The molecule has 2 aromatic heterocycles. The molecule has 1 unspecified atom stereocenters. The highest BCUT2D eigenvalue weighted by Crippen LogP contribution is 2.31. The maximum atomic E-state index is 12.3. The molecule has 0 radical (unpaired) electrons. The fourth-order valence-corrected chi connectivity index (χ4v) is 2.59. The summed E-state index contributed by atoms with van der Waals surface area (Å²) in [6.45, 7) is 3.42. The molecule has 1 atom stereocenters. The molecule has 0 aliphatic rings. The number of rotatable bonds is 6. The zero-order chi connectivity index (χ0) is 20.3. The van der Waals surface area contributed by atoms with Gasteiger partial charge in [-0.3, -0.25) is 9.59 Å². The molecule has 0 fully saturated rings. The maximum absolute atomic E-state index is 12.3. The number of ether oxygens (including phenoxy) is 2. The van der Waals surface area contributed by atoms with E-state index < -0.39 is 11.9 Å². The number of H-pyrrole nitrogens is 1. The van der Waals surface area contributed by atoms with Gasteiger partial charge in [0.2, 0.25) is 11.7 Å². The van der Waals surface area contributed by atoms with Gasteiger partial charge in [-0.05, 0) is 32.0 Å². The van der Waals surface area contributed by atoms with E-state index in [1.165, 1.54) is 19.4 Å². The van der Waals surface area contributed by atoms with Crippen molar-refractivity contribution < 1.29 is 18.8 Å². The average molecular weight is 384 g/mol. The number of nitrogens with one attached hydrogen (secondary N) is 2. The Labute approximate surface area is 160 Å². The topological polar surface area (TPSA) is 119 Å². The number of aromatic amines is 1. The second-order valence-electron chi connectivity index (χ2n) is 6.12. The number of amides is 1. The van der Waals surface area contributed by atoms with Crippen molar-refractivity contribution in [1.82, 2.24) is 20.4 Å². The molecule has 3 rings (SSSR count). The number of nitrogens with zero attached hydrogens (tertiary/aromatic N) is 2. The third-order valence-electron chi connectivity index (χ3n) is 4.10. The van der Waals surface area contributed by atoms with Crippen molar-refractivity contribution in [3.63, 3.8) is 0 Å². The standard InChI is InChI=1S/C19H20N4O5/c1-10-7-14(24)13(9-20-10)18(25)21-11(2)19-22-17(23-28-19)12-5-6-15(26-3)16(8-12)27-4/h5-9,11H,1-4H3,(H,20,24)(H,21,25). The lowest BCUT2D eigenvalue weighted by Crippen LogP contribution is -2.31. The van der Waals surface area contributed by atoms with Crippen molar-refractivity contribution in [3.05, 3.63) is 57.8 Å². The van der Waals surface area contributed by atoms with Gasteiger partial charge in [0.25, 0.3) is 5.91 Å². The van der Waals surface area contributed by atoms with Crippen LogP contribution in [0.4, 0.5) is 0 Å². The van der Waals surface area contributed by atoms with Crippen LogP contribution in [0.2, 0.25) is 0 Å². The molecular weight excluding hydrogens is 364 g/mol. The van der Waals surface area contributed by atoms with E-state index in [1.807, 2.05) is 0 Å². The number of methoxy groups -OCH3 is 2. The summed E-state index contributed by atoms with van der Waals surface area (Å²) in [5.74, 6) is 1.14. The van der Waals surface area contributed by atoms with Crippen molar-refractivity contribution in [1.29, 1.82) is 0 Å². The second-order valence-corrected chi connectivity index (χ2v) is 6.12. The lowest BCUT2D eigenvalue weighted by atomic mass is 10.2. The van der Waals surface area contributed by atoms with E-state index in [0.29, 0.717) is 28.6 Å². The number of benzene rings is 1. The Morgan fingerprint density at radius 2 is 1.96 bits per heavy atom. The Balaban J connectivity index is 1.78. The molecular formula is C19H20N4O5. The number of hydrogen-bond donors (Lipinski definition) is 2. The smallest absolute Gasteiger partial charge is 0.257 e. The molecule has 0 saturated heterocycles. The Morgan fingerprint density at radius 1 is 1.21 bits per heavy atom. The Bertz CT molecular complexity index is 1060. The summed E-state index contributed by atoms with van der Waals surface area (Å²) in [5, 5.41) is 6.62. The van der Waals surface area contributed by atoms with Crippen LogP contribution in [-0.2, 0) is 0 Å². The maximum Gasteiger partial charge on any atom is 0.257 e. The van der Waals surface area contributed by atoms with E-state index in [9.17, 15) is 9.59 Å². The van der Waals surface area contributed by atoms with Crippen LogP contribution in [0.15, 0.2) is 39.8 Å². The first-order chi connectivity index (χ1) is 13.4. The lowest BCUT2D eigenvalue weighted by Gasteiger charge is -2.09. The number of aryl methyl sites for hydroxylation is 1. The van der Waals surface area contributed by atoms with Gasteiger partial charge >= 0.3 is 0 Å². The van der Waals surface area contributed by atoms with Crippen molar-refractivity contribution in [2.24, 2.45) is 0 Å². The summed E-state index contributed by atoms with van der Waals surface area (Å²) in [7, 11) is 3.08. The van der Waals surface area contributed by atoms with Crippen LogP contribution in [0.1, 0.15) is 34.9 Å². The lowest BCUT2D eigenvalue weighted by molar-refractivity contribution is 0.0931. The van der Waals surface area contributed by atoms with Crippen LogP contribution in [0.5, 0.6) is 11.5 Å². The molecule has 0 bridgehead atoms. The molecule has 1 aromatic carbocycles. The van der Waals surface area contributed by atoms with E-state index in [0.717, 1.165) is 0 Å². The predicted molar refractivity (Wildman–Crippen MR) is 101 cm³/mol. The summed E-state index contributed by atoms with van der Waals surface area (Å²) in [6, 6.07) is 6.00. The molecule has 9 nitrogen and oxygen atoms in total. The first-order valence-electron chi connectivity index (χ1n) is 8.49. The fourth-order valence-electron chi connectivity index (χ4n) is 2.59. The minimum atomic E-state index is -0.588. The summed E-state index contributed by atoms with van der Waals surface area (Å²) < 4.78 is 15.7. The Morgan fingerprint density at radius 3 is 2.64 bits per heavy atom. The first kappa shape index (κ1) is 19.2. The normalized spacial score (nSPS) is 11.7. The number of pyridine rings is 1. The van der Waals surface area contributed by atoms with Gasteiger partial charge in [-0.2, -0.15) is 4.98 Å². The van der Waals surface area contributed by atoms with Gasteiger partial charge in [0.1, 0.15) is 11.6 Å². The van der Waals surface area contributed by atoms with Gasteiger partial charge in [0, 0.05) is 23.5 Å². The van der Waals surface area contributed by atoms with Crippen molar-refractivity contribution in [2.45, 2.75) is 19.9 Å². The van der Waals surface area contributed by atoms with Crippen LogP contribution in [-0.4, -0.2) is 35.3 Å². The first-order valence-corrected chi connectivity index (χ1v) is 8.49. The number of hydrogen-bond acceptors (Lipinski definition) is 7. The number of aromatic nitrogens is 3. The molecule has 1 amide bonds. The SMILES string of the molecule is COc1ccc(-c2noc(C(C)NC(=O)c3c[nH]c(C)cc3=O)n2)cc1OC. The minimum Gasteiger partial charge on any atom is -0.493 e. The van der Waals surface area contributed by atoms with Crippen LogP contribution < -0.4 is 20.2 Å². The quantitative estimate of drug-likeness (QED) is 0.669. The molecule has 2 heterocycles. The summed E-state index contributed by atoms with van der Waals surface area (Å²) in [4.78, 5) is 31.5. The summed E-state index contributed by atoms with van der Waals surface area (Å²) in [5.41, 5.74) is 0.988. The Hall–Kier alpha value is -3.62. The molecule has 28 heavy (non-hydrogen) atoms. The molecule has 3 aromatic rings. The Kier molecular flexibility index (Phi) is 5.44. The summed E-state index contributed by atoms with van der Waals surface area (Å²) in [6.07, 6.45) is 1.38. The van der Waals surface area contributed by atoms with Crippen molar-refractivity contribution in [3.8, 4) is 22.9 Å².